The number of H-pyrrole nitrogens is 2. The normalized spacial score (nSPS) is 9.45. The summed E-state index contributed by atoms with van der Waals surface area (Å²) in [6.07, 6.45) is 3.12. The van der Waals surface area contributed by atoms with E-state index in [4.69, 9.17) is 12.2 Å². The van der Waals surface area contributed by atoms with Gasteiger partial charge in [-0.1, -0.05) is 12.2 Å². The highest BCUT2D eigenvalue weighted by atomic mass is 32.1. The monoisotopic (exact) mass is 186 g/mol. The van der Waals surface area contributed by atoms with Crippen molar-refractivity contribution in [2.75, 3.05) is 0 Å². The van der Waals surface area contributed by atoms with Gasteiger partial charge in [-0.3, -0.25) is 0 Å². The van der Waals surface area contributed by atoms with E-state index in [9.17, 15) is 0 Å². The summed E-state index contributed by atoms with van der Waals surface area (Å²) in [6, 6.07) is 0. The first-order chi connectivity index (χ1) is 4.88. The van der Waals surface area contributed by atoms with Crippen LogP contribution in [0.2, 0.25) is 0 Å². The molecule has 4 nitrogen and oxygen atoms in total. The zero-order valence-corrected chi connectivity index (χ0v) is 7.27. The number of hydrogen-bond donors (Lipinski definition) is 2. The van der Waals surface area contributed by atoms with Gasteiger partial charge in [0, 0.05) is 0 Å². The molecule has 2 N–H and O–H groups in total. The van der Waals surface area contributed by atoms with E-state index < -0.39 is 0 Å². The largest absolute Gasteiger partial charge is 0.341 e. The molecule has 0 saturated heterocycles. The molecule has 58 valence electrons. The predicted molar refractivity (Wildman–Crippen MR) is 49.5 cm³/mol. The van der Waals surface area contributed by atoms with E-state index in [-0.39, 0.29) is 13.5 Å². The molecule has 0 aliphatic rings. The van der Waals surface area contributed by atoms with Crippen LogP contribution in [0.5, 0.6) is 0 Å². The van der Waals surface area contributed by atoms with Crippen LogP contribution in [0.4, 0.5) is 0 Å². The number of nitrogens with one attached hydrogen (secondary N) is 2. The molecule has 0 saturated carbocycles. The van der Waals surface area contributed by atoms with E-state index in [0.29, 0.717) is 4.64 Å². The Labute approximate surface area is 74.5 Å². The van der Waals surface area contributed by atoms with Crippen LogP contribution in [-0.4, -0.2) is 19.9 Å². The van der Waals surface area contributed by atoms with E-state index in [1.807, 2.05) is 0 Å². The Morgan fingerprint density at radius 2 is 1.91 bits per heavy atom. The molecule has 0 aromatic carbocycles. The predicted octanol–water partition coefficient (Wildman–Crippen LogP) is 1.13. The fourth-order valence-corrected chi connectivity index (χ4v) is 0.992. The Balaban J connectivity index is 0.000000605. The smallest absolute Gasteiger partial charge is 0.159 e. The van der Waals surface area contributed by atoms with Crippen molar-refractivity contribution in [3.8, 4) is 0 Å². The first-order valence-electron chi connectivity index (χ1n) is 2.75. The molecule has 2 heterocycles. The van der Waals surface area contributed by atoms with Crippen LogP contribution in [-0.2, 0) is 0 Å². The molecule has 0 radical (unpaired) electrons. The average molecular weight is 186 g/mol. The summed E-state index contributed by atoms with van der Waals surface area (Å²) in [6.45, 7) is 0. The molecule has 0 amide bonds. The van der Waals surface area contributed by atoms with Crippen LogP contribution in [0, 0.1) is 4.64 Å². The van der Waals surface area contributed by atoms with Crippen molar-refractivity contribution in [1.29, 1.82) is 0 Å². The maximum atomic E-state index is 4.91. The highest BCUT2D eigenvalue weighted by molar-refractivity contribution is 7.71. The maximum Gasteiger partial charge on any atom is 0.159 e. The van der Waals surface area contributed by atoms with Gasteiger partial charge in [-0.15, -0.1) is 0 Å². The van der Waals surface area contributed by atoms with Crippen LogP contribution in [0.15, 0.2) is 12.7 Å². The van der Waals surface area contributed by atoms with Gasteiger partial charge in [0.25, 0.3) is 0 Å². The van der Waals surface area contributed by atoms with Crippen LogP contribution in [0.1, 0.15) is 0 Å². The lowest BCUT2D eigenvalue weighted by atomic mass is 10.6. The topological polar surface area (TPSA) is 57.4 Å². The maximum absolute atomic E-state index is 4.91. The number of fused-ring (bicyclic) bond motifs is 1. The van der Waals surface area contributed by atoms with Gasteiger partial charge in [0.15, 0.2) is 10.3 Å². The molecule has 0 aliphatic heterocycles. The van der Waals surface area contributed by atoms with Gasteiger partial charge in [0.2, 0.25) is 0 Å². The van der Waals surface area contributed by atoms with E-state index in [0.717, 1.165) is 11.2 Å². The summed E-state index contributed by atoms with van der Waals surface area (Å²) < 4.78 is 0.547. The molecule has 0 fully saturated rings. The fraction of sp³-hybridized carbons (Fsp3) is 0. The molecule has 2 aromatic rings. The minimum absolute atomic E-state index is 0. The lowest BCUT2D eigenvalue weighted by molar-refractivity contribution is 1.18. The molecule has 0 aliphatic carbocycles. The van der Waals surface area contributed by atoms with Gasteiger partial charge in [-0.25, -0.2) is 9.97 Å². The second kappa shape index (κ2) is 3.02. The molecular weight excluding hydrogens is 180 g/mol. The van der Waals surface area contributed by atoms with Crippen LogP contribution in [0.25, 0.3) is 11.2 Å². The third-order valence-electron chi connectivity index (χ3n) is 1.24. The minimum Gasteiger partial charge on any atom is -0.341 e. The molecule has 6 heteroatoms. The van der Waals surface area contributed by atoms with Crippen LogP contribution < -0.4 is 0 Å². The second-order valence-corrected chi connectivity index (χ2v) is 2.22. The molecule has 0 atom stereocenters. The Bertz CT molecular complexity index is 404. The first kappa shape index (κ1) is 8.22. The standard InChI is InChI=1S/C5H4N4S.H2S/c10-5-3-4(7-1-6-3)8-2-9-5;/h1-2H,(H2,6,7,8,9,10);1H2. The lowest BCUT2D eigenvalue weighted by Crippen LogP contribution is -1.80. The van der Waals surface area contributed by atoms with Crippen molar-refractivity contribution in [1.82, 2.24) is 19.9 Å². The van der Waals surface area contributed by atoms with Gasteiger partial charge in [-0.05, 0) is 0 Å². The quantitative estimate of drug-likeness (QED) is 0.606. The Morgan fingerprint density at radius 3 is 2.64 bits per heavy atom. The van der Waals surface area contributed by atoms with Crippen molar-refractivity contribution in [3.05, 3.63) is 17.3 Å². The minimum atomic E-state index is 0. The Hall–Kier alpha value is -0.880. The van der Waals surface area contributed by atoms with Gasteiger partial charge in [-0.2, -0.15) is 13.5 Å². The number of hydrogen-bond acceptors (Lipinski definition) is 3. The summed E-state index contributed by atoms with van der Waals surface area (Å²) >= 11 is 4.91. The van der Waals surface area contributed by atoms with Crippen molar-refractivity contribution in [2.24, 2.45) is 0 Å². The molecule has 0 unspecified atom stereocenters. The van der Waals surface area contributed by atoms with E-state index in [2.05, 4.69) is 19.9 Å². The van der Waals surface area contributed by atoms with Crippen molar-refractivity contribution < 1.29 is 0 Å². The lowest BCUT2D eigenvalue weighted by Gasteiger charge is -1.84. The summed E-state index contributed by atoms with van der Waals surface area (Å²) in [7, 11) is 0. The highest BCUT2D eigenvalue weighted by Crippen LogP contribution is 2.02. The summed E-state index contributed by atoms with van der Waals surface area (Å²) in [5.41, 5.74) is 1.54. The zero-order valence-electron chi connectivity index (χ0n) is 5.46. The Kier molecular flexibility index (Phi) is 2.25. The van der Waals surface area contributed by atoms with Crippen LogP contribution in [0.3, 0.4) is 0 Å². The second-order valence-electron chi connectivity index (χ2n) is 1.83. The highest BCUT2D eigenvalue weighted by Gasteiger charge is 1.94. The van der Waals surface area contributed by atoms with Gasteiger partial charge in [0.05, 0.1) is 12.7 Å². The molecule has 0 bridgehead atoms. The Morgan fingerprint density at radius 1 is 1.18 bits per heavy atom. The molecule has 11 heavy (non-hydrogen) atoms. The van der Waals surface area contributed by atoms with Crippen LogP contribution >= 0.6 is 25.7 Å². The third kappa shape index (κ3) is 1.26. The summed E-state index contributed by atoms with van der Waals surface area (Å²) in [4.78, 5) is 13.6. The fourth-order valence-electron chi connectivity index (χ4n) is 0.783. The van der Waals surface area contributed by atoms with E-state index in [1.165, 1.54) is 6.33 Å². The first-order valence-corrected chi connectivity index (χ1v) is 3.15. The van der Waals surface area contributed by atoms with E-state index >= 15 is 0 Å². The van der Waals surface area contributed by atoms with Crippen molar-refractivity contribution >= 4 is 36.9 Å². The third-order valence-corrected chi connectivity index (χ3v) is 1.55. The zero-order chi connectivity index (χ0) is 6.97. The molecule has 0 spiro atoms. The number of nitrogens with zero attached hydrogens (tertiary/aromatic N) is 2. The molecule has 2 aromatic heterocycles. The molecule has 2 rings (SSSR count). The van der Waals surface area contributed by atoms with Gasteiger partial charge < -0.3 is 9.97 Å². The summed E-state index contributed by atoms with van der Waals surface area (Å²) in [5, 5.41) is 0. The molecular formula is C5H6N4S2. The number of aromatic amines is 2. The van der Waals surface area contributed by atoms with E-state index in [1.54, 1.807) is 6.33 Å². The SMILES string of the molecule is S.S=c1nc[nH]c2nc[nH]c12. The van der Waals surface area contributed by atoms with Gasteiger partial charge >= 0.3 is 0 Å². The average Bonchev–Trinajstić information content (AvgIpc) is 2.36. The number of aromatic nitrogens is 4. The number of rotatable bonds is 0. The van der Waals surface area contributed by atoms with Crippen molar-refractivity contribution in [2.45, 2.75) is 0 Å². The van der Waals surface area contributed by atoms with Crippen molar-refractivity contribution in [3.63, 3.8) is 0 Å². The summed E-state index contributed by atoms with van der Waals surface area (Å²) in [5.74, 6) is 0. The number of imidazole rings is 1. The van der Waals surface area contributed by atoms with Gasteiger partial charge in [0.1, 0.15) is 5.52 Å².